The van der Waals surface area contributed by atoms with E-state index in [4.69, 9.17) is 16.3 Å². The molecule has 0 radical (unpaired) electrons. The summed E-state index contributed by atoms with van der Waals surface area (Å²) in [6.07, 6.45) is 5.44. The molecule has 0 atom stereocenters. The summed E-state index contributed by atoms with van der Waals surface area (Å²) in [5.41, 5.74) is 4.26. The van der Waals surface area contributed by atoms with E-state index >= 15 is 0 Å². The molecule has 6 nitrogen and oxygen atoms in total. The number of hydrogen-bond donors (Lipinski definition) is 0. The van der Waals surface area contributed by atoms with Crippen LogP contribution in [-0.4, -0.2) is 19.1 Å². The summed E-state index contributed by atoms with van der Waals surface area (Å²) < 4.78 is 10.3. The van der Waals surface area contributed by atoms with Crippen molar-refractivity contribution in [3.05, 3.63) is 108 Å². The number of fused-ring (bicyclic) bond motifs is 3. The van der Waals surface area contributed by atoms with Gasteiger partial charge in [-0.05, 0) is 34.6 Å². The van der Waals surface area contributed by atoms with E-state index in [2.05, 4.69) is 71.6 Å². The number of benzene rings is 3. The normalized spacial score (nSPS) is 11.4. The van der Waals surface area contributed by atoms with E-state index in [1.165, 1.54) is 5.56 Å². The molecule has 0 bridgehead atoms. The van der Waals surface area contributed by atoms with Gasteiger partial charge in [0, 0.05) is 42.7 Å². The molecular weight excluding hydrogens is 665 g/mol. The van der Waals surface area contributed by atoms with E-state index < -0.39 is 0 Å². The van der Waals surface area contributed by atoms with Crippen LogP contribution in [0, 0.1) is 18.7 Å². The predicted molar refractivity (Wildman–Crippen MR) is 150 cm³/mol. The summed E-state index contributed by atoms with van der Waals surface area (Å²) in [4.78, 5) is 12.8. The fourth-order valence-electron chi connectivity index (χ4n) is 4.69. The molecule has 6 aromatic rings. The van der Waals surface area contributed by atoms with Crippen LogP contribution in [0.5, 0.6) is 11.5 Å². The molecule has 0 spiro atoms. The van der Waals surface area contributed by atoms with Gasteiger partial charge in [-0.3, -0.25) is 9.83 Å². The predicted octanol–water partition coefficient (Wildman–Crippen LogP) is 7.82. The summed E-state index contributed by atoms with van der Waals surface area (Å²) in [6, 6.07) is 26.6. The van der Waals surface area contributed by atoms with Crippen molar-refractivity contribution in [3.63, 3.8) is 0 Å². The van der Waals surface area contributed by atoms with Gasteiger partial charge in [0.2, 0.25) is 0 Å². The SMILES string of the molecule is [C-]#[N+]c1cc(Oc2[c-]c3c(cc2)c2ccccc2n3-c2cc(C(C)(C)C)ccn2)[c-]c(-c2nccn2C)c1.[Pt+2]. The van der Waals surface area contributed by atoms with E-state index in [9.17, 15) is 0 Å². The molecule has 7 heteroatoms. The molecule has 0 aliphatic heterocycles. The molecular formula is C32H25N5OPt. The van der Waals surface area contributed by atoms with Crippen LogP contribution in [0.1, 0.15) is 26.3 Å². The Kier molecular flexibility index (Phi) is 6.88. The molecule has 0 aliphatic carbocycles. The summed E-state index contributed by atoms with van der Waals surface area (Å²) in [5.74, 6) is 2.50. The number of para-hydroxylation sites is 1. The van der Waals surface area contributed by atoms with Crippen molar-refractivity contribution in [1.82, 2.24) is 19.1 Å². The first-order valence-corrected chi connectivity index (χ1v) is 12.3. The van der Waals surface area contributed by atoms with Gasteiger partial charge in [-0.15, -0.1) is 29.1 Å². The van der Waals surface area contributed by atoms with Crippen LogP contribution in [0.4, 0.5) is 5.69 Å². The molecule has 0 aliphatic rings. The van der Waals surface area contributed by atoms with Crippen molar-refractivity contribution >= 4 is 27.5 Å². The van der Waals surface area contributed by atoms with E-state index in [0.717, 1.165) is 27.6 Å². The van der Waals surface area contributed by atoms with Gasteiger partial charge in [-0.2, -0.15) is 6.07 Å². The molecule has 0 fully saturated rings. The second-order valence-electron chi connectivity index (χ2n) is 10.3. The van der Waals surface area contributed by atoms with Crippen LogP contribution in [0.15, 0.2) is 79.3 Å². The van der Waals surface area contributed by atoms with E-state index in [1.54, 1.807) is 18.3 Å². The molecule has 0 N–H and O–H groups in total. The third-order valence-electron chi connectivity index (χ3n) is 6.64. The first kappa shape index (κ1) is 26.4. The Bertz CT molecular complexity index is 1870. The van der Waals surface area contributed by atoms with E-state index in [-0.39, 0.29) is 26.5 Å². The quantitative estimate of drug-likeness (QED) is 0.177. The molecule has 194 valence electrons. The first-order chi connectivity index (χ1) is 18.3. The third-order valence-corrected chi connectivity index (χ3v) is 6.64. The Hall–Kier alpha value is -4.20. The second kappa shape index (κ2) is 10.2. The van der Waals surface area contributed by atoms with Crippen LogP contribution in [0.2, 0.25) is 0 Å². The molecule has 3 heterocycles. The minimum absolute atomic E-state index is 0. The Morgan fingerprint density at radius 2 is 1.72 bits per heavy atom. The van der Waals surface area contributed by atoms with E-state index in [0.29, 0.717) is 28.6 Å². The van der Waals surface area contributed by atoms with Crippen LogP contribution in [0.3, 0.4) is 0 Å². The molecule has 0 saturated carbocycles. The standard InChI is InChI=1S/C32H25N5O.Pt/c1-32(2,3)22-12-13-34-30(18-22)37-28-9-7-6-8-26(28)27-11-10-24(20-29(27)37)38-25-17-21(16-23(19-25)33-4)31-35-14-15-36(31)5;/h6-16,18-19H,1-3,5H3;/q-2;+2. The Morgan fingerprint density at radius 1 is 0.897 bits per heavy atom. The summed E-state index contributed by atoms with van der Waals surface area (Å²) in [7, 11) is 1.91. The number of rotatable bonds is 4. The fraction of sp³-hybridized carbons (Fsp3) is 0.156. The molecule has 39 heavy (non-hydrogen) atoms. The second-order valence-corrected chi connectivity index (χ2v) is 10.3. The zero-order valence-electron chi connectivity index (χ0n) is 22.0. The smallest absolute Gasteiger partial charge is 0.504 e. The molecule has 0 amide bonds. The summed E-state index contributed by atoms with van der Waals surface area (Å²) in [5, 5.41) is 2.18. The largest absolute Gasteiger partial charge is 2.00 e. The van der Waals surface area contributed by atoms with Crippen molar-refractivity contribution < 1.29 is 25.8 Å². The van der Waals surface area contributed by atoms with E-state index in [1.807, 2.05) is 48.3 Å². The maximum absolute atomic E-state index is 7.56. The van der Waals surface area contributed by atoms with Crippen LogP contribution >= 0.6 is 0 Å². The van der Waals surface area contributed by atoms with Crippen molar-refractivity contribution in [2.24, 2.45) is 7.05 Å². The maximum atomic E-state index is 7.56. The minimum Gasteiger partial charge on any atom is -0.504 e. The number of pyridine rings is 1. The Labute approximate surface area is 242 Å². The summed E-state index contributed by atoms with van der Waals surface area (Å²) in [6.45, 7) is 14.2. The fourth-order valence-corrected chi connectivity index (χ4v) is 4.69. The van der Waals surface area contributed by atoms with Crippen molar-refractivity contribution in [3.8, 4) is 28.7 Å². The Morgan fingerprint density at radius 3 is 2.46 bits per heavy atom. The molecule has 3 aromatic heterocycles. The third kappa shape index (κ3) is 4.87. The summed E-state index contributed by atoms with van der Waals surface area (Å²) >= 11 is 0. The van der Waals surface area contributed by atoms with Crippen LogP contribution in [-0.2, 0) is 33.5 Å². The molecule has 0 unspecified atom stereocenters. The van der Waals surface area contributed by atoms with Gasteiger partial charge in [0.1, 0.15) is 11.5 Å². The van der Waals surface area contributed by atoms with Gasteiger partial charge in [0.25, 0.3) is 0 Å². The number of nitrogens with zero attached hydrogens (tertiary/aromatic N) is 5. The maximum Gasteiger partial charge on any atom is 2.00 e. The first-order valence-electron chi connectivity index (χ1n) is 12.3. The average Bonchev–Trinajstić information content (AvgIpc) is 3.48. The molecule has 3 aromatic carbocycles. The zero-order valence-corrected chi connectivity index (χ0v) is 24.2. The van der Waals surface area contributed by atoms with Gasteiger partial charge >= 0.3 is 21.1 Å². The van der Waals surface area contributed by atoms with Crippen molar-refractivity contribution in [2.45, 2.75) is 26.2 Å². The monoisotopic (exact) mass is 690 g/mol. The number of aromatic nitrogens is 4. The number of aryl methyl sites for hydroxylation is 1. The van der Waals surface area contributed by atoms with Crippen molar-refractivity contribution in [2.75, 3.05) is 0 Å². The van der Waals surface area contributed by atoms with Gasteiger partial charge in [0.05, 0.1) is 12.4 Å². The average molecular weight is 691 g/mol. The Balaban J connectivity index is 0.00000308. The molecule has 6 rings (SSSR count). The van der Waals surface area contributed by atoms with Crippen molar-refractivity contribution in [1.29, 1.82) is 0 Å². The number of ether oxygens (including phenoxy) is 1. The minimum atomic E-state index is -0.0108. The van der Waals surface area contributed by atoms with Gasteiger partial charge in [-0.25, -0.2) is 4.98 Å². The van der Waals surface area contributed by atoms with Gasteiger partial charge in [-0.1, -0.05) is 56.6 Å². The number of imidazole rings is 1. The molecule has 0 saturated heterocycles. The van der Waals surface area contributed by atoms with Gasteiger partial charge in [0.15, 0.2) is 0 Å². The zero-order chi connectivity index (χ0) is 26.4. The van der Waals surface area contributed by atoms with Crippen LogP contribution < -0.4 is 4.74 Å². The van der Waals surface area contributed by atoms with Gasteiger partial charge < -0.3 is 13.9 Å². The topological polar surface area (TPSA) is 49.2 Å². The number of hydrogen-bond acceptors (Lipinski definition) is 3. The van der Waals surface area contributed by atoms with Crippen LogP contribution in [0.25, 0.3) is 43.9 Å².